The van der Waals surface area contributed by atoms with Gasteiger partial charge in [0.15, 0.2) is 0 Å². The number of nitrogens with zero attached hydrogens (tertiary/aromatic N) is 1. The van der Waals surface area contributed by atoms with Crippen molar-refractivity contribution in [3.8, 4) is 5.75 Å². The van der Waals surface area contributed by atoms with Crippen LogP contribution >= 0.6 is 0 Å². The number of anilines is 2. The second-order valence-electron chi connectivity index (χ2n) is 6.09. The number of nitro benzene ring substituents is 1. The fourth-order valence-electron chi connectivity index (χ4n) is 2.63. The summed E-state index contributed by atoms with van der Waals surface area (Å²) in [6.07, 6.45) is 0. The molecule has 0 aromatic heterocycles. The van der Waals surface area contributed by atoms with E-state index < -0.39 is 20.9 Å². The molecule has 0 spiro atoms. The van der Waals surface area contributed by atoms with Gasteiger partial charge in [0, 0.05) is 11.3 Å². The number of carbonyl (C=O) groups excluding carboxylic acids is 1. The van der Waals surface area contributed by atoms with E-state index in [1.807, 2.05) is 0 Å². The molecular formula is C20H17N3O6S. The number of amides is 1. The summed E-state index contributed by atoms with van der Waals surface area (Å²) in [5, 5.41) is 13.7. The Hall–Kier alpha value is -3.92. The Balaban J connectivity index is 1.83. The standard InChI is InChI=1S/C20H17N3O6S/c1-29-16-10-11-18(19(13-16)23(25)26)21-20(24)14-6-5-7-15(12-14)22-30(27,28)17-8-3-2-4-9-17/h2-13,22H,1H3,(H,21,24). The van der Waals surface area contributed by atoms with Crippen molar-refractivity contribution < 1.29 is 22.9 Å². The highest BCUT2D eigenvalue weighted by Gasteiger charge is 2.19. The third-order valence-corrected chi connectivity index (χ3v) is 5.48. The van der Waals surface area contributed by atoms with Gasteiger partial charge in [-0.1, -0.05) is 24.3 Å². The van der Waals surface area contributed by atoms with Crippen LogP contribution in [-0.4, -0.2) is 26.4 Å². The van der Waals surface area contributed by atoms with Crippen LogP contribution in [0.3, 0.4) is 0 Å². The maximum Gasteiger partial charge on any atom is 0.296 e. The molecule has 3 aromatic carbocycles. The van der Waals surface area contributed by atoms with E-state index >= 15 is 0 Å². The molecule has 0 atom stereocenters. The molecule has 1 amide bonds. The minimum atomic E-state index is -3.83. The van der Waals surface area contributed by atoms with Gasteiger partial charge in [-0.15, -0.1) is 0 Å². The molecule has 0 aliphatic rings. The van der Waals surface area contributed by atoms with Crippen molar-refractivity contribution in [3.63, 3.8) is 0 Å². The summed E-state index contributed by atoms with van der Waals surface area (Å²) >= 11 is 0. The first kappa shape index (κ1) is 20.8. The van der Waals surface area contributed by atoms with Crippen LogP contribution in [0.4, 0.5) is 17.1 Å². The van der Waals surface area contributed by atoms with E-state index in [4.69, 9.17) is 4.74 Å². The number of nitro groups is 1. The quantitative estimate of drug-likeness (QED) is 0.437. The van der Waals surface area contributed by atoms with Crippen molar-refractivity contribution >= 4 is 33.0 Å². The van der Waals surface area contributed by atoms with Gasteiger partial charge in [0.1, 0.15) is 11.4 Å². The van der Waals surface area contributed by atoms with Crippen LogP contribution in [0.5, 0.6) is 5.75 Å². The van der Waals surface area contributed by atoms with E-state index in [-0.39, 0.29) is 33.3 Å². The molecule has 0 saturated heterocycles. The molecule has 30 heavy (non-hydrogen) atoms. The number of benzene rings is 3. The Morgan fingerprint density at radius 3 is 2.40 bits per heavy atom. The fourth-order valence-corrected chi connectivity index (χ4v) is 3.70. The van der Waals surface area contributed by atoms with Gasteiger partial charge in [-0.05, 0) is 42.5 Å². The molecule has 154 valence electrons. The smallest absolute Gasteiger partial charge is 0.296 e. The van der Waals surface area contributed by atoms with E-state index in [2.05, 4.69) is 10.0 Å². The van der Waals surface area contributed by atoms with Crippen LogP contribution in [0.2, 0.25) is 0 Å². The van der Waals surface area contributed by atoms with Crippen LogP contribution < -0.4 is 14.8 Å². The molecule has 9 nitrogen and oxygen atoms in total. The summed E-state index contributed by atoms with van der Waals surface area (Å²) in [6, 6.07) is 17.6. The summed E-state index contributed by atoms with van der Waals surface area (Å²) in [4.78, 5) is 23.3. The predicted octanol–water partition coefficient (Wildman–Crippen LogP) is 3.66. The highest BCUT2D eigenvalue weighted by Crippen LogP contribution is 2.29. The Labute approximate surface area is 172 Å². The fraction of sp³-hybridized carbons (Fsp3) is 0.0500. The highest BCUT2D eigenvalue weighted by atomic mass is 32.2. The molecule has 0 bridgehead atoms. The van der Waals surface area contributed by atoms with Gasteiger partial charge >= 0.3 is 0 Å². The predicted molar refractivity (Wildman–Crippen MR) is 111 cm³/mol. The third kappa shape index (κ3) is 4.73. The number of sulfonamides is 1. The van der Waals surface area contributed by atoms with Crippen molar-refractivity contribution in [2.24, 2.45) is 0 Å². The SMILES string of the molecule is COc1ccc(NC(=O)c2cccc(NS(=O)(=O)c3ccccc3)c2)c([N+](=O)[O-])c1. The van der Waals surface area contributed by atoms with Gasteiger partial charge in [-0.3, -0.25) is 19.6 Å². The zero-order valence-electron chi connectivity index (χ0n) is 15.7. The maximum absolute atomic E-state index is 12.6. The van der Waals surface area contributed by atoms with Crippen molar-refractivity contribution in [1.29, 1.82) is 0 Å². The molecule has 3 rings (SSSR count). The molecule has 0 aliphatic carbocycles. The zero-order chi connectivity index (χ0) is 21.7. The zero-order valence-corrected chi connectivity index (χ0v) is 16.5. The Bertz CT molecular complexity index is 1200. The van der Waals surface area contributed by atoms with Gasteiger partial charge < -0.3 is 10.1 Å². The molecule has 3 aromatic rings. The minimum Gasteiger partial charge on any atom is -0.496 e. The average molecular weight is 427 g/mol. The largest absolute Gasteiger partial charge is 0.496 e. The lowest BCUT2D eigenvalue weighted by molar-refractivity contribution is -0.384. The minimum absolute atomic E-state index is 0.0129. The normalized spacial score (nSPS) is 10.8. The number of hydrogen-bond acceptors (Lipinski definition) is 6. The monoisotopic (exact) mass is 427 g/mol. The molecule has 0 aliphatic heterocycles. The van der Waals surface area contributed by atoms with E-state index in [9.17, 15) is 23.3 Å². The van der Waals surface area contributed by atoms with Gasteiger partial charge in [0.2, 0.25) is 0 Å². The highest BCUT2D eigenvalue weighted by molar-refractivity contribution is 7.92. The summed E-state index contributed by atoms with van der Waals surface area (Å²) in [7, 11) is -2.45. The number of rotatable bonds is 7. The number of carbonyl (C=O) groups is 1. The van der Waals surface area contributed by atoms with Crippen LogP contribution in [0, 0.1) is 10.1 Å². The first-order valence-electron chi connectivity index (χ1n) is 8.62. The van der Waals surface area contributed by atoms with Gasteiger partial charge in [-0.25, -0.2) is 8.42 Å². The topological polar surface area (TPSA) is 128 Å². The van der Waals surface area contributed by atoms with E-state index in [0.717, 1.165) is 0 Å². The second-order valence-corrected chi connectivity index (χ2v) is 7.78. The number of ether oxygens (including phenoxy) is 1. The first-order valence-corrected chi connectivity index (χ1v) is 10.1. The summed E-state index contributed by atoms with van der Waals surface area (Å²) in [5.74, 6) is -0.360. The van der Waals surface area contributed by atoms with E-state index in [1.165, 1.54) is 61.7 Å². The molecule has 0 saturated carbocycles. The van der Waals surface area contributed by atoms with Crippen molar-refractivity contribution in [1.82, 2.24) is 0 Å². The van der Waals surface area contributed by atoms with Crippen LogP contribution in [0.15, 0.2) is 77.7 Å². The number of nitrogens with one attached hydrogen (secondary N) is 2. The lowest BCUT2D eigenvalue weighted by Crippen LogP contribution is -2.15. The van der Waals surface area contributed by atoms with Crippen molar-refractivity contribution in [3.05, 3.63) is 88.5 Å². The molecular weight excluding hydrogens is 410 g/mol. The Kier molecular flexibility index (Phi) is 5.98. The van der Waals surface area contributed by atoms with Gasteiger partial charge in [-0.2, -0.15) is 0 Å². The summed E-state index contributed by atoms with van der Waals surface area (Å²) in [6.45, 7) is 0. The average Bonchev–Trinajstić information content (AvgIpc) is 2.74. The summed E-state index contributed by atoms with van der Waals surface area (Å²) < 4.78 is 32.3. The maximum atomic E-state index is 12.6. The van der Waals surface area contributed by atoms with Gasteiger partial charge in [0.25, 0.3) is 21.6 Å². The third-order valence-electron chi connectivity index (χ3n) is 4.08. The number of hydrogen-bond donors (Lipinski definition) is 2. The molecule has 0 fully saturated rings. The number of methoxy groups -OCH3 is 1. The first-order chi connectivity index (χ1) is 14.3. The van der Waals surface area contributed by atoms with Crippen LogP contribution in [0.25, 0.3) is 0 Å². The lowest BCUT2D eigenvalue weighted by Gasteiger charge is -2.10. The van der Waals surface area contributed by atoms with Crippen LogP contribution in [0.1, 0.15) is 10.4 Å². The van der Waals surface area contributed by atoms with Crippen molar-refractivity contribution in [2.75, 3.05) is 17.1 Å². The molecule has 0 heterocycles. The van der Waals surface area contributed by atoms with Gasteiger partial charge in [0.05, 0.1) is 23.0 Å². The van der Waals surface area contributed by atoms with Crippen LogP contribution in [-0.2, 0) is 10.0 Å². The molecule has 0 unspecified atom stereocenters. The molecule has 0 radical (unpaired) electrons. The summed E-state index contributed by atoms with van der Waals surface area (Å²) in [5.41, 5.74) is -0.0474. The molecule has 10 heteroatoms. The Morgan fingerprint density at radius 1 is 1.00 bits per heavy atom. The lowest BCUT2D eigenvalue weighted by atomic mass is 10.2. The second kappa shape index (κ2) is 8.62. The Morgan fingerprint density at radius 2 is 1.73 bits per heavy atom. The van der Waals surface area contributed by atoms with Crippen molar-refractivity contribution in [2.45, 2.75) is 4.90 Å². The van der Waals surface area contributed by atoms with E-state index in [0.29, 0.717) is 0 Å². The van der Waals surface area contributed by atoms with E-state index in [1.54, 1.807) is 18.2 Å². The molecule has 2 N–H and O–H groups in total.